The lowest BCUT2D eigenvalue weighted by Crippen LogP contribution is -2.49. The predicted octanol–water partition coefficient (Wildman–Crippen LogP) is -0.753. The summed E-state index contributed by atoms with van der Waals surface area (Å²) in [7, 11) is 0. The summed E-state index contributed by atoms with van der Waals surface area (Å²) >= 11 is 0. The van der Waals surface area contributed by atoms with Gasteiger partial charge in [-0.2, -0.15) is 4.98 Å². The smallest absolute Gasteiger partial charge is 0.316 e. The number of amides is 4. The molecule has 32 heavy (non-hydrogen) atoms. The fraction of sp³-hybridized carbons (Fsp3) is 0.368. The number of hydrogen-bond acceptors (Lipinski definition) is 8. The zero-order valence-electron chi connectivity index (χ0n) is 17.1. The summed E-state index contributed by atoms with van der Waals surface area (Å²) in [5.74, 6) is -2.79. The highest BCUT2D eigenvalue weighted by molar-refractivity contribution is 5.86. The molecule has 0 aliphatic heterocycles. The molecule has 1 aromatic heterocycles. The van der Waals surface area contributed by atoms with Crippen molar-refractivity contribution < 1.29 is 28.8 Å². The molecule has 2 rings (SSSR count). The molecule has 0 fully saturated rings. The molecule has 9 N–H and O–H groups in total. The molecule has 2 aromatic rings. The third kappa shape index (κ3) is 7.68. The summed E-state index contributed by atoms with van der Waals surface area (Å²) < 4.78 is 5.16. The molecular weight excluding hydrogens is 422 g/mol. The summed E-state index contributed by atoms with van der Waals surface area (Å²) in [5, 5.41) is 17.2. The third-order valence-corrected chi connectivity index (χ3v) is 4.39. The first-order valence-corrected chi connectivity index (χ1v) is 9.65. The Bertz CT molecular complexity index is 949. The number of urea groups is 1. The summed E-state index contributed by atoms with van der Waals surface area (Å²) in [6.45, 7) is 0. The van der Waals surface area contributed by atoms with Crippen LogP contribution in [0, 0.1) is 0 Å². The van der Waals surface area contributed by atoms with Crippen molar-refractivity contribution >= 4 is 23.8 Å². The minimum absolute atomic E-state index is 0.112. The Balaban J connectivity index is 2.07. The summed E-state index contributed by atoms with van der Waals surface area (Å²) in [4.78, 5) is 50.1. The van der Waals surface area contributed by atoms with Crippen molar-refractivity contribution in [3.05, 3.63) is 47.6 Å². The maximum absolute atomic E-state index is 12.3. The lowest BCUT2D eigenvalue weighted by atomic mass is 10.1. The molecule has 13 heteroatoms. The van der Waals surface area contributed by atoms with Crippen LogP contribution >= 0.6 is 0 Å². The van der Waals surface area contributed by atoms with Gasteiger partial charge in [-0.15, -0.1) is 0 Å². The van der Waals surface area contributed by atoms with Crippen molar-refractivity contribution in [3.8, 4) is 0 Å². The maximum atomic E-state index is 12.3. The van der Waals surface area contributed by atoms with Gasteiger partial charge in [0.2, 0.25) is 17.7 Å². The van der Waals surface area contributed by atoms with Gasteiger partial charge < -0.3 is 37.5 Å². The average Bonchev–Trinajstić information content (AvgIpc) is 3.21. The van der Waals surface area contributed by atoms with Gasteiger partial charge in [0.25, 0.3) is 0 Å². The number of nitrogens with zero attached hydrogens (tertiary/aromatic N) is 2. The van der Waals surface area contributed by atoms with Gasteiger partial charge in [-0.3, -0.25) is 14.4 Å². The van der Waals surface area contributed by atoms with Crippen LogP contribution in [0.4, 0.5) is 4.79 Å². The Labute approximate surface area is 182 Å². The lowest BCUT2D eigenvalue weighted by molar-refractivity contribution is -0.137. The number of hydrogen-bond donors (Lipinski definition) is 6. The first-order valence-electron chi connectivity index (χ1n) is 9.65. The van der Waals surface area contributed by atoms with Gasteiger partial charge in [-0.25, -0.2) is 4.79 Å². The van der Waals surface area contributed by atoms with E-state index in [9.17, 15) is 19.2 Å². The molecule has 0 bridgehead atoms. The van der Waals surface area contributed by atoms with Crippen LogP contribution in [-0.4, -0.2) is 45.1 Å². The van der Waals surface area contributed by atoms with Crippen LogP contribution in [0.3, 0.4) is 0 Å². The number of primary amides is 2. The molecule has 0 saturated carbocycles. The molecule has 0 aliphatic carbocycles. The SMILES string of the molecule is NC(=O)C[C@H](NC(=O)N[C@@H](CCC(=O)O)C(N)=O)c1nc([C@@H](N)Cc2ccccc2)no1. The number of carboxylic acid groups (broad SMARTS) is 1. The normalized spacial score (nSPS) is 13.5. The lowest BCUT2D eigenvalue weighted by Gasteiger charge is -2.18. The Hall–Kier alpha value is -4.00. The van der Waals surface area contributed by atoms with Crippen LogP contribution in [0.25, 0.3) is 0 Å². The molecule has 3 atom stereocenters. The number of aliphatic carboxylic acids is 1. The topological polar surface area (TPSA) is 230 Å². The average molecular weight is 447 g/mol. The van der Waals surface area contributed by atoms with Gasteiger partial charge >= 0.3 is 12.0 Å². The van der Waals surface area contributed by atoms with Crippen LogP contribution in [0.1, 0.15) is 48.6 Å². The van der Waals surface area contributed by atoms with E-state index in [0.29, 0.717) is 6.42 Å². The molecular formula is C19H25N7O6. The largest absolute Gasteiger partial charge is 0.481 e. The van der Waals surface area contributed by atoms with Gasteiger partial charge in [0.15, 0.2) is 5.82 Å². The molecule has 172 valence electrons. The van der Waals surface area contributed by atoms with Crippen LogP contribution in [-0.2, 0) is 20.8 Å². The number of carbonyl (C=O) groups is 4. The van der Waals surface area contributed by atoms with Gasteiger partial charge in [-0.1, -0.05) is 35.5 Å². The number of nitrogens with one attached hydrogen (secondary N) is 2. The Morgan fingerprint density at radius 3 is 2.38 bits per heavy atom. The molecule has 0 radical (unpaired) electrons. The zero-order chi connectivity index (χ0) is 23.7. The van der Waals surface area contributed by atoms with Crippen LogP contribution < -0.4 is 27.8 Å². The number of aromatic nitrogens is 2. The maximum Gasteiger partial charge on any atom is 0.316 e. The third-order valence-electron chi connectivity index (χ3n) is 4.39. The second-order valence-corrected chi connectivity index (χ2v) is 7.02. The zero-order valence-corrected chi connectivity index (χ0v) is 17.1. The number of carbonyl (C=O) groups excluding carboxylic acids is 3. The standard InChI is InChI=1S/C19H25N7O6/c20-11(8-10-4-2-1-3-5-10)17-25-18(32-26-17)13(9-14(21)27)24-19(31)23-12(16(22)30)6-7-15(28)29/h1-5,11-13H,6-9,20H2,(H2,21,27)(H2,22,30)(H,28,29)(H2,23,24,31)/t11-,12-,13-/m0/s1. The molecule has 1 heterocycles. The van der Waals surface area contributed by atoms with Crippen molar-refractivity contribution in [1.82, 2.24) is 20.8 Å². The Morgan fingerprint density at radius 2 is 1.78 bits per heavy atom. The van der Waals surface area contributed by atoms with E-state index in [2.05, 4.69) is 20.8 Å². The van der Waals surface area contributed by atoms with E-state index in [1.165, 1.54) is 0 Å². The number of carboxylic acids is 1. The fourth-order valence-electron chi connectivity index (χ4n) is 2.81. The second kappa shape index (κ2) is 11.4. The molecule has 1 aromatic carbocycles. The quantitative estimate of drug-likeness (QED) is 0.240. The molecule has 0 aliphatic rings. The predicted molar refractivity (Wildman–Crippen MR) is 109 cm³/mol. The van der Waals surface area contributed by atoms with Gasteiger partial charge in [0.1, 0.15) is 12.1 Å². The molecule has 0 spiro atoms. The highest BCUT2D eigenvalue weighted by Crippen LogP contribution is 2.19. The molecule has 0 saturated heterocycles. The van der Waals surface area contributed by atoms with Gasteiger partial charge in [0, 0.05) is 6.42 Å². The summed E-state index contributed by atoms with van der Waals surface area (Å²) in [6, 6.07) is 5.53. The highest BCUT2D eigenvalue weighted by atomic mass is 16.5. The molecule has 13 nitrogen and oxygen atoms in total. The van der Waals surface area contributed by atoms with E-state index < -0.39 is 41.9 Å². The monoisotopic (exact) mass is 447 g/mol. The van der Waals surface area contributed by atoms with E-state index >= 15 is 0 Å². The van der Waals surface area contributed by atoms with Crippen LogP contribution in [0.5, 0.6) is 0 Å². The van der Waals surface area contributed by atoms with E-state index in [1.54, 1.807) is 0 Å². The Kier molecular flexibility index (Phi) is 8.65. The van der Waals surface area contributed by atoms with Gasteiger partial charge in [-0.05, 0) is 18.4 Å². The van der Waals surface area contributed by atoms with Crippen LogP contribution in [0.15, 0.2) is 34.9 Å². The number of nitrogens with two attached hydrogens (primary N) is 3. The van der Waals surface area contributed by atoms with Crippen molar-refractivity contribution in [3.63, 3.8) is 0 Å². The van der Waals surface area contributed by atoms with Crippen molar-refractivity contribution in [2.24, 2.45) is 17.2 Å². The van der Waals surface area contributed by atoms with E-state index in [0.717, 1.165) is 5.56 Å². The van der Waals surface area contributed by atoms with Gasteiger partial charge in [0.05, 0.1) is 12.5 Å². The second-order valence-electron chi connectivity index (χ2n) is 7.02. The van der Waals surface area contributed by atoms with Crippen molar-refractivity contribution in [2.45, 2.75) is 43.8 Å². The van der Waals surface area contributed by atoms with E-state index in [1.807, 2.05) is 30.3 Å². The number of benzene rings is 1. The fourth-order valence-corrected chi connectivity index (χ4v) is 2.81. The van der Waals surface area contributed by atoms with Crippen molar-refractivity contribution in [1.29, 1.82) is 0 Å². The number of rotatable bonds is 12. The van der Waals surface area contributed by atoms with Crippen molar-refractivity contribution in [2.75, 3.05) is 0 Å². The molecule has 0 unspecified atom stereocenters. The minimum atomic E-state index is -1.24. The van der Waals surface area contributed by atoms with E-state index in [4.69, 9.17) is 26.8 Å². The highest BCUT2D eigenvalue weighted by Gasteiger charge is 2.27. The summed E-state index contributed by atoms with van der Waals surface area (Å²) in [5.41, 5.74) is 17.5. The first kappa shape index (κ1) is 24.3. The summed E-state index contributed by atoms with van der Waals surface area (Å²) in [6.07, 6.45) is -0.542. The first-order chi connectivity index (χ1) is 15.2. The van der Waals surface area contributed by atoms with E-state index in [-0.39, 0.29) is 31.0 Å². The minimum Gasteiger partial charge on any atom is -0.481 e. The molecule has 4 amide bonds. The Morgan fingerprint density at radius 1 is 1.09 bits per heavy atom. The van der Waals surface area contributed by atoms with Crippen LogP contribution in [0.2, 0.25) is 0 Å².